The van der Waals surface area contributed by atoms with Crippen LogP contribution in [0.5, 0.6) is 0 Å². The normalized spacial score (nSPS) is 15.4. The van der Waals surface area contributed by atoms with Crippen molar-refractivity contribution < 1.29 is 0 Å². The van der Waals surface area contributed by atoms with E-state index in [2.05, 4.69) is 60.7 Å². The van der Waals surface area contributed by atoms with E-state index in [0.717, 1.165) is 12.8 Å². The van der Waals surface area contributed by atoms with E-state index >= 15 is 0 Å². The molecule has 4 rings (SSSR count). The molecular formula is C21H20. The van der Waals surface area contributed by atoms with E-state index in [0.29, 0.717) is 0 Å². The van der Waals surface area contributed by atoms with Crippen LogP contribution in [0.25, 0.3) is 11.1 Å². The molecule has 2 aliphatic rings. The zero-order chi connectivity index (χ0) is 14.1. The number of hydrogen-bond donors (Lipinski definition) is 0. The minimum absolute atomic E-state index is 1.12. The third kappa shape index (κ3) is 2.35. The van der Waals surface area contributed by atoms with Gasteiger partial charge in [0.05, 0.1) is 0 Å². The van der Waals surface area contributed by atoms with E-state index in [9.17, 15) is 0 Å². The molecule has 0 aromatic heterocycles. The first-order valence-corrected chi connectivity index (χ1v) is 7.96. The summed E-state index contributed by atoms with van der Waals surface area (Å²) in [6, 6.07) is 17.7. The van der Waals surface area contributed by atoms with Gasteiger partial charge in [-0.05, 0) is 65.5 Å². The summed E-state index contributed by atoms with van der Waals surface area (Å²) in [5.74, 6) is 0. The summed E-state index contributed by atoms with van der Waals surface area (Å²) in [6.07, 6.45) is 10.7. The maximum absolute atomic E-state index is 2.42. The molecule has 0 N–H and O–H groups in total. The smallest absolute Gasteiger partial charge is 0.00854 e. The Balaban J connectivity index is 1.40. The molecule has 0 atom stereocenters. The predicted octanol–water partition coefficient (Wildman–Crippen LogP) is 5.44. The number of benzene rings is 2. The summed E-state index contributed by atoms with van der Waals surface area (Å²) in [6.45, 7) is 0. The summed E-state index contributed by atoms with van der Waals surface area (Å²) in [5, 5.41) is 0. The monoisotopic (exact) mass is 272 g/mol. The van der Waals surface area contributed by atoms with Crippen LogP contribution < -0.4 is 0 Å². The third-order valence-corrected chi connectivity index (χ3v) is 4.76. The van der Waals surface area contributed by atoms with Crippen LogP contribution in [-0.4, -0.2) is 0 Å². The molecule has 0 heteroatoms. The van der Waals surface area contributed by atoms with Crippen molar-refractivity contribution >= 4 is 11.1 Å². The Hall–Kier alpha value is -2.08. The Morgan fingerprint density at radius 2 is 1.10 bits per heavy atom. The molecule has 0 saturated carbocycles. The van der Waals surface area contributed by atoms with Crippen LogP contribution in [0.2, 0.25) is 0 Å². The summed E-state index contributed by atoms with van der Waals surface area (Å²) < 4.78 is 0. The Bertz CT molecular complexity index is 668. The zero-order valence-corrected chi connectivity index (χ0v) is 12.3. The van der Waals surface area contributed by atoms with Crippen LogP contribution in [0.4, 0.5) is 0 Å². The highest BCUT2D eigenvalue weighted by atomic mass is 14.2. The molecule has 0 nitrogen and oxygen atoms in total. The van der Waals surface area contributed by atoms with E-state index in [4.69, 9.17) is 0 Å². The molecule has 0 heterocycles. The molecule has 104 valence electrons. The van der Waals surface area contributed by atoms with Gasteiger partial charge in [0, 0.05) is 0 Å². The first-order valence-electron chi connectivity index (χ1n) is 7.96. The highest BCUT2D eigenvalue weighted by molar-refractivity contribution is 5.75. The molecule has 2 aliphatic carbocycles. The number of allylic oxidation sites excluding steroid dienone is 4. The van der Waals surface area contributed by atoms with E-state index in [1.54, 1.807) is 11.1 Å². The second-order valence-electron chi connectivity index (χ2n) is 6.03. The highest BCUT2D eigenvalue weighted by Crippen LogP contribution is 2.34. The summed E-state index contributed by atoms with van der Waals surface area (Å²) in [5.41, 5.74) is 9.07. The molecule has 0 spiro atoms. The fourth-order valence-corrected chi connectivity index (χ4v) is 3.65. The molecule has 0 aliphatic heterocycles. The fraction of sp³-hybridized carbons (Fsp3) is 0.238. The van der Waals surface area contributed by atoms with Gasteiger partial charge >= 0.3 is 0 Å². The Kier molecular flexibility index (Phi) is 3.23. The van der Waals surface area contributed by atoms with Gasteiger partial charge in [0.15, 0.2) is 0 Å². The average molecular weight is 272 g/mol. The van der Waals surface area contributed by atoms with E-state index in [-0.39, 0.29) is 0 Å². The van der Waals surface area contributed by atoms with Crippen LogP contribution in [-0.2, 0) is 12.8 Å². The van der Waals surface area contributed by atoms with Gasteiger partial charge in [-0.25, -0.2) is 0 Å². The number of hydrogen-bond acceptors (Lipinski definition) is 0. The molecule has 21 heavy (non-hydrogen) atoms. The first kappa shape index (κ1) is 12.6. The molecule has 0 fully saturated rings. The lowest BCUT2D eigenvalue weighted by atomic mass is 9.97. The predicted molar refractivity (Wildman–Crippen MR) is 90.1 cm³/mol. The largest absolute Gasteiger partial charge is 0.0763 e. The Labute approximate surface area is 126 Å². The maximum atomic E-state index is 2.42. The van der Waals surface area contributed by atoms with Gasteiger partial charge in [-0.1, -0.05) is 60.7 Å². The van der Waals surface area contributed by atoms with Gasteiger partial charge < -0.3 is 0 Å². The summed E-state index contributed by atoms with van der Waals surface area (Å²) in [7, 11) is 0. The van der Waals surface area contributed by atoms with E-state index < -0.39 is 0 Å². The van der Waals surface area contributed by atoms with Crippen molar-refractivity contribution in [2.24, 2.45) is 0 Å². The molecule has 0 amide bonds. The maximum Gasteiger partial charge on any atom is -0.00854 e. The van der Waals surface area contributed by atoms with Crippen LogP contribution in [0.15, 0.2) is 60.7 Å². The van der Waals surface area contributed by atoms with Gasteiger partial charge in [-0.15, -0.1) is 0 Å². The standard InChI is InChI=1S/C21H20/c1-3-10-20-16(6-1)12-14-18(20)8-5-9-19-15-13-17-7-2-4-11-21(17)19/h1-4,6-7,10-11,14-15H,5,8-9,12-13H2. The van der Waals surface area contributed by atoms with Crippen molar-refractivity contribution in [3.8, 4) is 0 Å². The quantitative estimate of drug-likeness (QED) is 0.695. The van der Waals surface area contributed by atoms with Crippen molar-refractivity contribution in [1.82, 2.24) is 0 Å². The van der Waals surface area contributed by atoms with Crippen LogP contribution in [0, 0.1) is 0 Å². The number of rotatable bonds is 4. The molecule has 2 aromatic carbocycles. The third-order valence-electron chi connectivity index (χ3n) is 4.76. The topological polar surface area (TPSA) is 0 Å². The molecular weight excluding hydrogens is 252 g/mol. The van der Waals surface area contributed by atoms with Gasteiger partial charge in [0.2, 0.25) is 0 Å². The minimum Gasteiger partial charge on any atom is -0.0763 e. The van der Waals surface area contributed by atoms with Crippen LogP contribution in [0.1, 0.15) is 41.5 Å². The molecule has 2 aromatic rings. The van der Waals surface area contributed by atoms with Crippen molar-refractivity contribution in [1.29, 1.82) is 0 Å². The van der Waals surface area contributed by atoms with Gasteiger partial charge in [0.1, 0.15) is 0 Å². The lowest BCUT2D eigenvalue weighted by molar-refractivity contribution is 0.893. The van der Waals surface area contributed by atoms with E-state index in [1.807, 2.05) is 0 Å². The minimum atomic E-state index is 1.12. The second-order valence-corrected chi connectivity index (χ2v) is 6.03. The van der Waals surface area contributed by atoms with E-state index in [1.165, 1.54) is 41.5 Å². The Morgan fingerprint density at radius 3 is 1.62 bits per heavy atom. The van der Waals surface area contributed by atoms with Crippen molar-refractivity contribution in [3.05, 3.63) is 82.9 Å². The molecule has 0 bridgehead atoms. The van der Waals surface area contributed by atoms with Crippen LogP contribution in [0.3, 0.4) is 0 Å². The lowest BCUT2D eigenvalue weighted by Gasteiger charge is -2.08. The molecule has 0 saturated heterocycles. The van der Waals surface area contributed by atoms with Crippen molar-refractivity contribution in [3.63, 3.8) is 0 Å². The van der Waals surface area contributed by atoms with Gasteiger partial charge in [-0.3, -0.25) is 0 Å². The summed E-state index contributed by atoms with van der Waals surface area (Å²) >= 11 is 0. The fourth-order valence-electron chi connectivity index (χ4n) is 3.65. The number of fused-ring (bicyclic) bond motifs is 2. The van der Waals surface area contributed by atoms with Crippen molar-refractivity contribution in [2.45, 2.75) is 32.1 Å². The van der Waals surface area contributed by atoms with Gasteiger partial charge in [-0.2, -0.15) is 0 Å². The molecule has 0 unspecified atom stereocenters. The summed E-state index contributed by atoms with van der Waals surface area (Å²) in [4.78, 5) is 0. The van der Waals surface area contributed by atoms with Gasteiger partial charge in [0.25, 0.3) is 0 Å². The second kappa shape index (κ2) is 5.37. The first-order chi connectivity index (χ1) is 10.4. The van der Waals surface area contributed by atoms with Crippen molar-refractivity contribution in [2.75, 3.05) is 0 Å². The SMILES string of the molecule is C1=C(CCCC2=CCc3ccccc32)c2ccccc2C1. The zero-order valence-electron chi connectivity index (χ0n) is 12.3. The Morgan fingerprint density at radius 1 is 0.619 bits per heavy atom. The average Bonchev–Trinajstić information content (AvgIpc) is 3.13. The van der Waals surface area contributed by atoms with Crippen LogP contribution >= 0.6 is 0 Å². The molecule has 0 radical (unpaired) electrons. The highest BCUT2D eigenvalue weighted by Gasteiger charge is 2.15. The lowest BCUT2D eigenvalue weighted by Crippen LogP contribution is -1.87.